The predicted octanol–water partition coefficient (Wildman–Crippen LogP) is 1.23. The summed E-state index contributed by atoms with van der Waals surface area (Å²) in [6.45, 7) is 8.65. The molecule has 0 aliphatic carbocycles. The third kappa shape index (κ3) is 5.12. The van der Waals surface area contributed by atoms with Gasteiger partial charge in [0.1, 0.15) is 0 Å². The monoisotopic (exact) mass is 283 g/mol. The number of nitrogens with zero attached hydrogens (tertiary/aromatic N) is 2. The minimum atomic E-state index is -0.0324. The van der Waals surface area contributed by atoms with Crippen LogP contribution >= 0.6 is 0 Å². The molecule has 0 aromatic carbocycles. The van der Waals surface area contributed by atoms with Crippen LogP contribution in [0.4, 0.5) is 0 Å². The van der Waals surface area contributed by atoms with Gasteiger partial charge in [-0.2, -0.15) is 0 Å². The van der Waals surface area contributed by atoms with Crippen LogP contribution in [0.5, 0.6) is 0 Å². The van der Waals surface area contributed by atoms with Gasteiger partial charge in [0, 0.05) is 18.1 Å². The Hall–Kier alpha value is -1.10. The molecule has 1 heterocycles. The van der Waals surface area contributed by atoms with Crippen LogP contribution < -0.4 is 5.32 Å². The number of carbonyl (C=O) groups excluding carboxylic acids is 2. The molecule has 1 rings (SSSR count). The minimum absolute atomic E-state index is 0.0324. The second-order valence-electron chi connectivity index (χ2n) is 6.32. The van der Waals surface area contributed by atoms with Gasteiger partial charge in [-0.1, -0.05) is 0 Å². The van der Waals surface area contributed by atoms with Crippen molar-refractivity contribution in [2.45, 2.75) is 65.1 Å². The maximum absolute atomic E-state index is 12.4. The lowest BCUT2D eigenvalue weighted by molar-refractivity contribution is -0.138. The molecule has 0 aromatic rings. The molecule has 0 unspecified atom stereocenters. The van der Waals surface area contributed by atoms with E-state index in [-0.39, 0.29) is 24.4 Å². The smallest absolute Gasteiger partial charge is 0.237 e. The summed E-state index contributed by atoms with van der Waals surface area (Å²) in [6.07, 6.45) is 3.35. The summed E-state index contributed by atoms with van der Waals surface area (Å²) in [5.41, 5.74) is 0. The van der Waals surface area contributed by atoms with Crippen molar-refractivity contribution in [1.82, 2.24) is 15.1 Å². The van der Waals surface area contributed by atoms with E-state index in [0.29, 0.717) is 18.6 Å². The zero-order valence-electron chi connectivity index (χ0n) is 13.5. The number of hydrogen-bond donors (Lipinski definition) is 1. The van der Waals surface area contributed by atoms with E-state index in [1.165, 1.54) is 6.42 Å². The predicted molar refractivity (Wildman–Crippen MR) is 80.4 cm³/mol. The molecular formula is C15H29N3O2. The number of likely N-dealkylation sites (N-methyl/N-ethyl adjacent to an activating group) is 1. The van der Waals surface area contributed by atoms with Gasteiger partial charge in [-0.25, -0.2) is 0 Å². The Balaban J connectivity index is 2.46. The third-order valence-corrected chi connectivity index (χ3v) is 3.75. The Labute approximate surface area is 122 Å². The van der Waals surface area contributed by atoms with Gasteiger partial charge in [0.15, 0.2) is 0 Å². The van der Waals surface area contributed by atoms with Gasteiger partial charge in [-0.05, 0) is 54.0 Å². The van der Waals surface area contributed by atoms with E-state index in [2.05, 4.69) is 19.2 Å². The molecule has 116 valence electrons. The van der Waals surface area contributed by atoms with E-state index < -0.39 is 0 Å². The fourth-order valence-electron chi connectivity index (χ4n) is 2.89. The maximum atomic E-state index is 12.4. The van der Waals surface area contributed by atoms with Crippen LogP contribution in [0.1, 0.15) is 47.0 Å². The van der Waals surface area contributed by atoms with Crippen molar-refractivity contribution in [2.24, 2.45) is 0 Å². The van der Waals surface area contributed by atoms with Crippen molar-refractivity contribution in [1.29, 1.82) is 0 Å². The number of likely N-dealkylation sites (tertiary alicyclic amines) is 1. The number of hydrogen-bond acceptors (Lipinski definition) is 3. The van der Waals surface area contributed by atoms with Crippen LogP contribution in [0, 0.1) is 0 Å². The van der Waals surface area contributed by atoms with E-state index in [4.69, 9.17) is 0 Å². The molecule has 0 saturated carbocycles. The zero-order valence-corrected chi connectivity index (χ0v) is 13.5. The first kappa shape index (κ1) is 17.0. The number of piperidine rings is 1. The van der Waals surface area contributed by atoms with Crippen LogP contribution in [0.25, 0.3) is 0 Å². The Morgan fingerprint density at radius 1 is 1.20 bits per heavy atom. The molecule has 1 saturated heterocycles. The fourth-order valence-corrected chi connectivity index (χ4v) is 2.89. The van der Waals surface area contributed by atoms with Crippen LogP contribution in [0.2, 0.25) is 0 Å². The highest BCUT2D eigenvalue weighted by atomic mass is 16.2. The molecule has 5 nitrogen and oxygen atoms in total. The van der Waals surface area contributed by atoms with Crippen molar-refractivity contribution in [3.05, 3.63) is 0 Å². The Kier molecular flexibility index (Phi) is 6.46. The van der Waals surface area contributed by atoms with Gasteiger partial charge >= 0.3 is 0 Å². The average Bonchev–Trinajstić information content (AvgIpc) is 2.26. The van der Waals surface area contributed by atoms with E-state index >= 15 is 0 Å². The molecule has 5 heteroatoms. The summed E-state index contributed by atoms with van der Waals surface area (Å²) in [5.74, 6) is 0.0968. The Morgan fingerprint density at radius 3 is 2.25 bits per heavy atom. The lowest BCUT2D eigenvalue weighted by Crippen LogP contribution is -2.51. The average molecular weight is 283 g/mol. The molecular weight excluding hydrogens is 254 g/mol. The van der Waals surface area contributed by atoms with E-state index in [1.54, 1.807) is 4.90 Å². The topological polar surface area (TPSA) is 52.7 Å². The van der Waals surface area contributed by atoms with Crippen molar-refractivity contribution >= 4 is 11.8 Å². The normalized spacial score (nSPS) is 23.2. The van der Waals surface area contributed by atoms with Gasteiger partial charge in [0.05, 0.1) is 13.1 Å². The molecule has 0 spiro atoms. The summed E-state index contributed by atoms with van der Waals surface area (Å²) in [4.78, 5) is 27.8. The Morgan fingerprint density at radius 2 is 1.75 bits per heavy atom. The summed E-state index contributed by atoms with van der Waals surface area (Å²) < 4.78 is 0. The fraction of sp³-hybridized carbons (Fsp3) is 0.867. The van der Waals surface area contributed by atoms with Crippen LogP contribution in [-0.2, 0) is 9.59 Å². The highest BCUT2D eigenvalue weighted by molar-refractivity contribution is 5.81. The number of nitrogens with one attached hydrogen (secondary N) is 1. The highest BCUT2D eigenvalue weighted by Gasteiger charge is 2.29. The molecule has 0 aromatic heterocycles. The molecule has 0 radical (unpaired) electrons. The Bertz CT molecular complexity index is 334. The molecule has 1 aliphatic heterocycles. The SMILES string of the molecule is CC(C)NC(=O)CN(C)CC(=O)N1[C@H](C)CCC[C@H]1C. The van der Waals surface area contributed by atoms with Crippen LogP contribution in [0.15, 0.2) is 0 Å². The lowest BCUT2D eigenvalue weighted by Gasteiger charge is -2.39. The number of carbonyl (C=O) groups is 2. The molecule has 1 aliphatic rings. The lowest BCUT2D eigenvalue weighted by atomic mass is 9.97. The first-order valence-corrected chi connectivity index (χ1v) is 7.60. The number of rotatable bonds is 5. The third-order valence-electron chi connectivity index (χ3n) is 3.75. The molecule has 20 heavy (non-hydrogen) atoms. The first-order chi connectivity index (χ1) is 9.31. The zero-order chi connectivity index (χ0) is 15.3. The summed E-state index contributed by atoms with van der Waals surface area (Å²) in [6, 6.07) is 0.752. The largest absolute Gasteiger partial charge is 0.353 e. The van der Waals surface area contributed by atoms with Crippen molar-refractivity contribution in [3.8, 4) is 0 Å². The van der Waals surface area contributed by atoms with Gasteiger partial charge in [-0.15, -0.1) is 0 Å². The quantitative estimate of drug-likeness (QED) is 0.826. The molecule has 2 amide bonds. The molecule has 1 fully saturated rings. The van der Waals surface area contributed by atoms with Crippen molar-refractivity contribution < 1.29 is 9.59 Å². The van der Waals surface area contributed by atoms with Crippen molar-refractivity contribution in [3.63, 3.8) is 0 Å². The molecule has 1 N–H and O–H groups in total. The van der Waals surface area contributed by atoms with E-state index in [1.807, 2.05) is 25.8 Å². The van der Waals surface area contributed by atoms with E-state index in [0.717, 1.165) is 12.8 Å². The summed E-state index contributed by atoms with van der Waals surface area (Å²) in [5, 5.41) is 2.84. The van der Waals surface area contributed by atoms with Crippen LogP contribution in [0.3, 0.4) is 0 Å². The summed E-state index contributed by atoms with van der Waals surface area (Å²) in [7, 11) is 1.82. The first-order valence-electron chi connectivity index (χ1n) is 7.60. The highest BCUT2D eigenvalue weighted by Crippen LogP contribution is 2.22. The standard InChI is InChI=1S/C15H29N3O2/c1-11(2)16-14(19)9-17(5)10-15(20)18-12(3)7-6-8-13(18)4/h11-13H,6-10H2,1-5H3,(H,16,19)/t12-,13-/m1/s1. The van der Waals surface area contributed by atoms with Gasteiger partial charge in [0.2, 0.25) is 11.8 Å². The van der Waals surface area contributed by atoms with Crippen molar-refractivity contribution in [2.75, 3.05) is 20.1 Å². The maximum Gasteiger partial charge on any atom is 0.237 e. The van der Waals surface area contributed by atoms with Gasteiger partial charge in [-0.3, -0.25) is 14.5 Å². The second-order valence-corrected chi connectivity index (χ2v) is 6.32. The summed E-state index contributed by atoms with van der Waals surface area (Å²) >= 11 is 0. The minimum Gasteiger partial charge on any atom is -0.353 e. The van der Waals surface area contributed by atoms with Gasteiger partial charge < -0.3 is 10.2 Å². The number of amides is 2. The van der Waals surface area contributed by atoms with Crippen LogP contribution in [-0.4, -0.2) is 59.9 Å². The van der Waals surface area contributed by atoms with E-state index in [9.17, 15) is 9.59 Å². The second kappa shape index (κ2) is 7.62. The molecule has 0 bridgehead atoms. The van der Waals surface area contributed by atoms with Gasteiger partial charge in [0.25, 0.3) is 0 Å². The molecule has 2 atom stereocenters.